The summed E-state index contributed by atoms with van der Waals surface area (Å²) in [7, 11) is 0. The highest BCUT2D eigenvalue weighted by Gasteiger charge is 1.98. The van der Waals surface area contributed by atoms with Gasteiger partial charge in [-0.1, -0.05) is 27.7 Å². The molecule has 0 amide bonds. The van der Waals surface area contributed by atoms with Gasteiger partial charge in [-0.05, 0) is 18.1 Å². The fourth-order valence-corrected chi connectivity index (χ4v) is 0.714. The molecule has 0 aromatic heterocycles. The Balaban J connectivity index is 0.000000561. The molecular weight excluding hydrogens is 146 g/mol. The molecule has 0 saturated carbocycles. The Bertz CT molecular complexity index is 225. The van der Waals surface area contributed by atoms with E-state index in [1.807, 2.05) is 32.1 Å². The zero-order valence-electron chi connectivity index (χ0n) is 8.33. The number of nitrogens with zero attached hydrogens (tertiary/aromatic N) is 1. The molecule has 0 atom stereocenters. The summed E-state index contributed by atoms with van der Waals surface area (Å²) in [5, 5.41) is 0. The molecule has 0 saturated heterocycles. The summed E-state index contributed by atoms with van der Waals surface area (Å²) in [6.07, 6.45) is 7.46. The third-order valence-electron chi connectivity index (χ3n) is 1.32. The molecule has 0 bridgehead atoms. The van der Waals surface area contributed by atoms with Crippen LogP contribution >= 0.6 is 0 Å². The van der Waals surface area contributed by atoms with Crippen molar-refractivity contribution in [2.24, 2.45) is 10.9 Å². The van der Waals surface area contributed by atoms with Crippen molar-refractivity contribution in [2.75, 3.05) is 0 Å². The van der Waals surface area contributed by atoms with Gasteiger partial charge in [-0.25, -0.2) is 0 Å². The van der Waals surface area contributed by atoms with Crippen molar-refractivity contribution in [3.8, 4) is 0 Å². The van der Waals surface area contributed by atoms with Gasteiger partial charge in [0.15, 0.2) is 0 Å². The van der Waals surface area contributed by atoms with Gasteiger partial charge in [-0.15, -0.1) is 5.73 Å². The monoisotopic (exact) mass is 163 g/mol. The molecule has 1 heterocycles. The van der Waals surface area contributed by atoms with Gasteiger partial charge >= 0.3 is 0 Å². The molecule has 0 aromatic carbocycles. The molecule has 1 aliphatic heterocycles. The van der Waals surface area contributed by atoms with Crippen LogP contribution in [-0.4, -0.2) is 5.71 Å². The molecule has 0 radical (unpaired) electrons. The van der Waals surface area contributed by atoms with E-state index in [1.54, 1.807) is 6.20 Å². The molecular formula is C11H17N. The summed E-state index contributed by atoms with van der Waals surface area (Å²) >= 11 is 0. The van der Waals surface area contributed by atoms with E-state index in [-0.39, 0.29) is 0 Å². The van der Waals surface area contributed by atoms with E-state index in [0.717, 1.165) is 5.71 Å². The molecule has 12 heavy (non-hydrogen) atoms. The predicted molar refractivity (Wildman–Crippen MR) is 55.4 cm³/mol. The molecule has 0 aromatic rings. The second-order valence-electron chi connectivity index (χ2n) is 2.53. The Morgan fingerprint density at radius 1 is 1.33 bits per heavy atom. The maximum Gasteiger partial charge on any atom is 0.0505 e. The zero-order chi connectivity index (χ0) is 9.40. The highest BCUT2D eigenvalue weighted by Crippen LogP contribution is 2.00. The Hall–Kier alpha value is -1.07. The maximum absolute atomic E-state index is 4.21. The van der Waals surface area contributed by atoms with Crippen LogP contribution in [0.1, 0.15) is 27.7 Å². The molecule has 0 unspecified atom stereocenters. The minimum Gasteiger partial charge on any atom is -0.260 e. The van der Waals surface area contributed by atoms with E-state index in [0.29, 0.717) is 5.92 Å². The lowest BCUT2D eigenvalue weighted by atomic mass is 10.1. The lowest BCUT2D eigenvalue weighted by molar-refractivity contribution is 0.889. The van der Waals surface area contributed by atoms with Crippen LogP contribution in [0.25, 0.3) is 0 Å². The molecule has 1 heteroatoms. The quantitative estimate of drug-likeness (QED) is 0.526. The number of hydrogen-bond donors (Lipinski definition) is 0. The number of aliphatic imine (C=N–C) groups is 1. The van der Waals surface area contributed by atoms with Crippen molar-refractivity contribution in [1.29, 1.82) is 0 Å². The third kappa shape index (κ3) is 3.95. The molecule has 0 aliphatic carbocycles. The third-order valence-corrected chi connectivity index (χ3v) is 1.32. The summed E-state index contributed by atoms with van der Waals surface area (Å²) in [5.41, 5.74) is 4.10. The normalized spacial score (nSPS) is 13.6. The highest BCUT2D eigenvalue weighted by molar-refractivity contribution is 5.96. The molecule has 0 N–H and O–H groups in total. The smallest absolute Gasteiger partial charge is 0.0505 e. The molecule has 0 spiro atoms. The fraction of sp³-hybridized carbons (Fsp3) is 0.455. The van der Waals surface area contributed by atoms with Crippen molar-refractivity contribution in [3.05, 3.63) is 30.2 Å². The van der Waals surface area contributed by atoms with Crippen LogP contribution in [0.5, 0.6) is 0 Å². The van der Waals surface area contributed by atoms with Crippen molar-refractivity contribution < 1.29 is 0 Å². The second-order valence-corrected chi connectivity index (χ2v) is 2.53. The Kier molecular flexibility index (Phi) is 6.04. The summed E-state index contributed by atoms with van der Waals surface area (Å²) in [6.45, 7) is 8.24. The van der Waals surface area contributed by atoms with Crippen LogP contribution < -0.4 is 0 Å². The average molecular weight is 163 g/mol. The topological polar surface area (TPSA) is 12.4 Å². The van der Waals surface area contributed by atoms with Gasteiger partial charge in [0.05, 0.1) is 5.71 Å². The Labute approximate surface area is 75.2 Å². The number of hydrogen-bond acceptors (Lipinski definition) is 1. The molecule has 0 fully saturated rings. The standard InChI is InChI=1S/C9H11N.C2H6/c1-8(2)9-6-4-3-5-7-10-9;1-2/h3,5-8H,1-2H3;1-2H3. The van der Waals surface area contributed by atoms with Crippen molar-refractivity contribution in [2.45, 2.75) is 27.7 Å². The zero-order valence-corrected chi connectivity index (χ0v) is 8.33. The first-order chi connectivity index (χ1) is 5.80. The van der Waals surface area contributed by atoms with E-state index in [2.05, 4.69) is 24.6 Å². The summed E-state index contributed by atoms with van der Waals surface area (Å²) < 4.78 is 0. The number of allylic oxidation sites excluding steroid dienone is 2. The van der Waals surface area contributed by atoms with Crippen molar-refractivity contribution in [1.82, 2.24) is 0 Å². The van der Waals surface area contributed by atoms with Crippen LogP contribution in [0.2, 0.25) is 0 Å². The van der Waals surface area contributed by atoms with Gasteiger partial charge in [-0.3, -0.25) is 4.99 Å². The number of rotatable bonds is 1. The van der Waals surface area contributed by atoms with Gasteiger partial charge < -0.3 is 0 Å². The van der Waals surface area contributed by atoms with E-state index in [4.69, 9.17) is 0 Å². The molecule has 1 aliphatic rings. The van der Waals surface area contributed by atoms with E-state index in [1.165, 1.54) is 0 Å². The molecule has 1 nitrogen and oxygen atoms in total. The SMILES string of the molecule is CC.CC(C)C1=NC=CC=C=C1. The van der Waals surface area contributed by atoms with Crippen LogP contribution in [0, 0.1) is 5.92 Å². The highest BCUT2D eigenvalue weighted by atomic mass is 14.7. The van der Waals surface area contributed by atoms with Gasteiger partial charge in [-0.2, -0.15) is 0 Å². The van der Waals surface area contributed by atoms with Crippen LogP contribution in [-0.2, 0) is 0 Å². The maximum atomic E-state index is 4.21. The summed E-state index contributed by atoms with van der Waals surface area (Å²) in [5.74, 6) is 0.489. The van der Waals surface area contributed by atoms with Gasteiger partial charge in [0.25, 0.3) is 0 Å². The summed E-state index contributed by atoms with van der Waals surface area (Å²) in [6, 6.07) is 0. The fourth-order valence-electron chi connectivity index (χ4n) is 0.714. The Morgan fingerprint density at radius 2 is 2.00 bits per heavy atom. The van der Waals surface area contributed by atoms with Crippen LogP contribution in [0.4, 0.5) is 0 Å². The van der Waals surface area contributed by atoms with E-state index < -0.39 is 0 Å². The van der Waals surface area contributed by atoms with Gasteiger partial charge in [0.2, 0.25) is 0 Å². The minimum atomic E-state index is 0.489. The first kappa shape index (κ1) is 10.9. The van der Waals surface area contributed by atoms with Crippen molar-refractivity contribution in [3.63, 3.8) is 0 Å². The van der Waals surface area contributed by atoms with Crippen LogP contribution in [0.3, 0.4) is 0 Å². The summed E-state index contributed by atoms with van der Waals surface area (Å²) in [4.78, 5) is 4.21. The van der Waals surface area contributed by atoms with Gasteiger partial charge in [0, 0.05) is 12.3 Å². The van der Waals surface area contributed by atoms with E-state index >= 15 is 0 Å². The lowest BCUT2D eigenvalue weighted by Crippen LogP contribution is -2.01. The van der Waals surface area contributed by atoms with Crippen molar-refractivity contribution >= 4 is 5.71 Å². The molecule has 66 valence electrons. The molecule has 1 rings (SSSR count). The van der Waals surface area contributed by atoms with E-state index in [9.17, 15) is 0 Å². The lowest BCUT2D eigenvalue weighted by Gasteiger charge is -1.99. The van der Waals surface area contributed by atoms with Crippen LogP contribution in [0.15, 0.2) is 35.2 Å². The first-order valence-corrected chi connectivity index (χ1v) is 4.46. The first-order valence-electron chi connectivity index (χ1n) is 4.46. The Morgan fingerprint density at radius 3 is 2.58 bits per heavy atom. The van der Waals surface area contributed by atoms with Gasteiger partial charge in [0.1, 0.15) is 0 Å². The minimum absolute atomic E-state index is 0.489. The second kappa shape index (κ2) is 6.63. The predicted octanol–water partition coefficient (Wildman–Crippen LogP) is 3.35. The largest absolute Gasteiger partial charge is 0.260 e. The average Bonchev–Trinajstić information content (AvgIpc) is 2.35.